The number of amides is 3. The van der Waals surface area contributed by atoms with Gasteiger partial charge in [-0.3, -0.25) is 14.4 Å². The summed E-state index contributed by atoms with van der Waals surface area (Å²) in [6.45, 7) is 4.33. The number of hydrogen-bond acceptors (Lipinski definition) is 7. The maximum absolute atomic E-state index is 13.1. The third kappa shape index (κ3) is 5.68. The Bertz CT molecular complexity index is 1420. The topological polar surface area (TPSA) is 114 Å². The molecule has 0 spiro atoms. The average molecular weight is 534 g/mol. The molecular formula is C28H24ClN3O6. The van der Waals surface area contributed by atoms with Crippen molar-refractivity contribution in [2.24, 2.45) is 0 Å². The Labute approximate surface area is 224 Å². The normalized spacial score (nSPS) is 13.0. The molecule has 0 aromatic heterocycles. The van der Waals surface area contributed by atoms with Crippen LogP contribution in [-0.2, 0) is 14.3 Å². The third-order valence-corrected chi connectivity index (χ3v) is 5.83. The lowest BCUT2D eigenvalue weighted by molar-refractivity contribution is -0.120. The molecule has 0 saturated heterocycles. The number of benzene rings is 3. The third-order valence-electron chi connectivity index (χ3n) is 5.48. The number of rotatable bonds is 9. The van der Waals surface area contributed by atoms with E-state index in [1.165, 1.54) is 6.07 Å². The second-order valence-corrected chi connectivity index (χ2v) is 8.40. The highest BCUT2D eigenvalue weighted by Crippen LogP contribution is 2.31. The molecule has 194 valence electrons. The average Bonchev–Trinajstić information content (AvgIpc) is 3.13. The first-order valence-electron chi connectivity index (χ1n) is 11.8. The predicted octanol–water partition coefficient (Wildman–Crippen LogP) is 4.95. The first kappa shape index (κ1) is 26.4. The van der Waals surface area contributed by atoms with Crippen molar-refractivity contribution in [3.63, 3.8) is 0 Å². The Morgan fingerprint density at radius 3 is 2.21 bits per heavy atom. The number of carbonyl (C=O) groups excluding carboxylic acids is 4. The summed E-state index contributed by atoms with van der Waals surface area (Å²) in [6.07, 6.45) is 0. The summed E-state index contributed by atoms with van der Waals surface area (Å²) < 4.78 is 10.4. The van der Waals surface area contributed by atoms with Crippen molar-refractivity contribution < 1.29 is 28.7 Å². The van der Waals surface area contributed by atoms with E-state index in [4.69, 9.17) is 21.1 Å². The van der Waals surface area contributed by atoms with Gasteiger partial charge in [0.1, 0.15) is 16.5 Å². The Kier molecular flexibility index (Phi) is 8.08. The van der Waals surface area contributed by atoms with Crippen LogP contribution in [0.5, 0.6) is 5.75 Å². The van der Waals surface area contributed by atoms with Crippen LogP contribution in [0, 0.1) is 0 Å². The van der Waals surface area contributed by atoms with E-state index in [-0.39, 0.29) is 17.3 Å². The van der Waals surface area contributed by atoms with Gasteiger partial charge >= 0.3 is 5.97 Å². The molecule has 3 amide bonds. The van der Waals surface area contributed by atoms with Gasteiger partial charge in [-0.05, 0) is 80.6 Å². The van der Waals surface area contributed by atoms with E-state index >= 15 is 0 Å². The zero-order valence-electron chi connectivity index (χ0n) is 20.6. The molecule has 3 aromatic carbocycles. The zero-order chi connectivity index (χ0) is 27.2. The summed E-state index contributed by atoms with van der Waals surface area (Å²) in [4.78, 5) is 51.4. The van der Waals surface area contributed by atoms with Crippen LogP contribution in [0.4, 0.5) is 17.1 Å². The molecule has 0 atom stereocenters. The quantitative estimate of drug-likeness (QED) is 0.295. The van der Waals surface area contributed by atoms with Crippen molar-refractivity contribution in [3.8, 4) is 5.75 Å². The number of anilines is 3. The largest absolute Gasteiger partial charge is 0.494 e. The minimum Gasteiger partial charge on any atom is -0.494 e. The number of esters is 1. The Morgan fingerprint density at radius 2 is 1.55 bits per heavy atom. The molecular weight excluding hydrogens is 510 g/mol. The van der Waals surface area contributed by atoms with Crippen molar-refractivity contribution in [3.05, 3.63) is 94.7 Å². The van der Waals surface area contributed by atoms with Gasteiger partial charge in [0, 0.05) is 16.9 Å². The molecule has 0 saturated carbocycles. The van der Waals surface area contributed by atoms with E-state index in [9.17, 15) is 19.2 Å². The van der Waals surface area contributed by atoms with Crippen molar-refractivity contribution in [1.29, 1.82) is 0 Å². The number of halogens is 1. The number of carbonyl (C=O) groups is 4. The van der Waals surface area contributed by atoms with E-state index in [1.54, 1.807) is 73.7 Å². The van der Waals surface area contributed by atoms with Gasteiger partial charge in [-0.15, -0.1) is 0 Å². The van der Waals surface area contributed by atoms with Crippen LogP contribution in [0.3, 0.4) is 0 Å². The van der Waals surface area contributed by atoms with E-state index in [0.717, 1.165) is 4.90 Å². The highest BCUT2D eigenvalue weighted by molar-refractivity contribution is 6.53. The van der Waals surface area contributed by atoms with E-state index in [0.29, 0.717) is 40.5 Å². The van der Waals surface area contributed by atoms with Crippen LogP contribution < -0.4 is 20.3 Å². The van der Waals surface area contributed by atoms with Gasteiger partial charge in [0.15, 0.2) is 0 Å². The summed E-state index contributed by atoms with van der Waals surface area (Å²) in [5.74, 6) is -1.54. The van der Waals surface area contributed by atoms with Crippen LogP contribution in [0.2, 0.25) is 0 Å². The number of ether oxygens (including phenoxy) is 2. The standard InChI is InChI=1S/C28H24ClN3O6/c1-3-37-22-14-12-21(13-15-22)32-26(34)23(29)24(27(32)35)30-20-7-5-6-18(16-20)25(33)31-19-10-8-17(9-11-19)28(36)38-4-2/h5-16,30H,3-4H2,1-2H3,(H,31,33). The summed E-state index contributed by atoms with van der Waals surface area (Å²) >= 11 is 6.23. The molecule has 0 radical (unpaired) electrons. The highest BCUT2D eigenvalue weighted by Gasteiger charge is 2.39. The molecule has 2 N–H and O–H groups in total. The smallest absolute Gasteiger partial charge is 0.338 e. The molecule has 1 aliphatic rings. The lowest BCUT2D eigenvalue weighted by Gasteiger charge is -2.16. The van der Waals surface area contributed by atoms with Gasteiger partial charge in [-0.1, -0.05) is 17.7 Å². The number of imide groups is 1. The Morgan fingerprint density at radius 1 is 0.842 bits per heavy atom. The number of nitrogens with zero attached hydrogens (tertiary/aromatic N) is 1. The van der Waals surface area contributed by atoms with Crippen LogP contribution in [0.15, 0.2) is 83.5 Å². The summed E-state index contributed by atoms with van der Waals surface area (Å²) in [5.41, 5.74) is 1.78. The van der Waals surface area contributed by atoms with Crippen molar-refractivity contribution >= 4 is 52.4 Å². The molecule has 0 aliphatic carbocycles. The molecule has 1 heterocycles. The van der Waals surface area contributed by atoms with Crippen molar-refractivity contribution in [2.45, 2.75) is 13.8 Å². The molecule has 0 bridgehead atoms. The molecule has 4 rings (SSSR count). The van der Waals surface area contributed by atoms with Crippen LogP contribution in [0.1, 0.15) is 34.6 Å². The highest BCUT2D eigenvalue weighted by atomic mass is 35.5. The molecule has 38 heavy (non-hydrogen) atoms. The van der Waals surface area contributed by atoms with E-state index < -0.39 is 23.7 Å². The predicted molar refractivity (Wildman–Crippen MR) is 143 cm³/mol. The maximum Gasteiger partial charge on any atom is 0.338 e. The molecule has 9 nitrogen and oxygen atoms in total. The zero-order valence-corrected chi connectivity index (χ0v) is 21.4. The Hall–Kier alpha value is -4.63. The number of nitrogens with one attached hydrogen (secondary N) is 2. The molecule has 1 aliphatic heterocycles. The van der Waals surface area contributed by atoms with Gasteiger partial charge in [0.2, 0.25) is 0 Å². The summed E-state index contributed by atoms with van der Waals surface area (Å²) in [7, 11) is 0. The van der Waals surface area contributed by atoms with Crippen LogP contribution in [0.25, 0.3) is 0 Å². The molecule has 10 heteroatoms. The summed E-state index contributed by atoms with van der Waals surface area (Å²) in [6, 6.07) is 19.2. The minimum absolute atomic E-state index is 0.0994. The van der Waals surface area contributed by atoms with Crippen molar-refractivity contribution in [2.75, 3.05) is 28.7 Å². The van der Waals surface area contributed by atoms with Gasteiger partial charge < -0.3 is 20.1 Å². The first-order chi connectivity index (χ1) is 18.3. The van der Waals surface area contributed by atoms with Gasteiger partial charge in [-0.2, -0.15) is 0 Å². The molecule has 0 unspecified atom stereocenters. The van der Waals surface area contributed by atoms with Gasteiger partial charge in [0.25, 0.3) is 17.7 Å². The van der Waals surface area contributed by atoms with Gasteiger partial charge in [-0.25, -0.2) is 9.69 Å². The van der Waals surface area contributed by atoms with Crippen LogP contribution >= 0.6 is 11.6 Å². The summed E-state index contributed by atoms with van der Waals surface area (Å²) in [5, 5.41) is 5.36. The lowest BCUT2D eigenvalue weighted by atomic mass is 10.1. The number of hydrogen-bond donors (Lipinski definition) is 2. The van der Waals surface area contributed by atoms with E-state index in [1.807, 2.05) is 6.92 Å². The van der Waals surface area contributed by atoms with E-state index in [2.05, 4.69) is 10.6 Å². The SMILES string of the molecule is CCOC(=O)c1ccc(NC(=O)c2cccc(NC3=C(Cl)C(=O)N(c4ccc(OCC)cc4)C3=O)c2)cc1. The molecule has 0 fully saturated rings. The lowest BCUT2D eigenvalue weighted by Crippen LogP contribution is -2.32. The van der Waals surface area contributed by atoms with Crippen LogP contribution in [-0.4, -0.2) is 36.9 Å². The fourth-order valence-electron chi connectivity index (χ4n) is 3.69. The second-order valence-electron chi connectivity index (χ2n) is 8.02. The monoisotopic (exact) mass is 533 g/mol. The fraction of sp³-hybridized carbons (Fsp3) is 0.143. The second kappa shape index (κ2) is 11.6. The molecule has 3 aromatic rings. The minimum atomic E-state index is -0.663. The fourth-order valence-corrected chi connectivity index (χ4v) is 3.91. The van der Waals surface area contributed by atoms with Gasteiger partial charge in [0.05, 0.1) is 24.5 Å². The Balaban J connectivity index is 1.46. The maximum atomic E-state index is 13.1. The van der Waals surface area contributed by atoms with Crippen molar-refractivity contribution in [1.82, 2.24) is 0 Å². The first-order valence-corrected chi connectivity index (χ1v) is 12.2.